The lowest BCUT2D eigenvalue weighted by Gasteiger charge is -2.17. The molecule has 0 aliphatic rings. The van der Waals surface area contributed by atoms with E-state index in [1.54, 1.807) is 0 Å². The standard InChI is InChI=1S/C11H23N3O2/c1-4-13-10(15)5-6-14-11(16)9(7-12)8(2)3/h8-9H,4-7,12H2,1-3H3,(H,13,15)(H,14,16). The maximum absolute atomic E-state index is 11.6. The Morgan fingerprint density at radius 2 is 1.88 bits per heavy atom. The second kappa shape index (κ2) is 8.10. The summed E-state index contributed by atoms with van der Waals surface area (Å²) in [5, 5.41) is 5.39. The molecular weight excluding hydrogens is 206 g/mol. The number of carbonyl (C=O) groups is 2. The van der Waals surface area contributed by atoms with E-state index in [9.17, 15) is 9.59 Å². The van der Waals surface area contributed by atoms with Crippen molar-refractivity contribution in [3.05, 3.63) is 0 Å². The molecule has 0 aliphatic carbocycles. The molecule has 0 fully saturated rings. The Kier molecular flexibility index (Phi) is 7.54. The minimum atomic E-state index is -0.172. The minimum Gasteiger partial charge on any atom is -0.356 e. The minimum absolute atomic E-state index is 0.0448. The third-order valence-electron chi connectivity index (χ3n) is 2.42. The Morgan fingerprint density at radius 1 is 1.25 bits per heavy atom. The van der Waals surface area contributed by atoms with Crippen LogP contribution in [0.3, 0.4) is 0 Å². The summed E-state index contributed by atoms with van der Waals surface area (Å²) in [5.41, 5.74) is 5.51. The number of hydrogen-bond acceptors (Lipinski definition) is 3. The summed E-state index contributed by atoms with van der Waals surface area (Å²) in [5.74, 6) is -0.0675. The van der Waals surface area contributed by atoms with Crippen molar-refractivity contribution in [2.24, 2.45) is 17.6 Å². The van der Waals surface area contributed by atoms with Crippen LogP contribution < -0.4 is 16.4 Å². The smallest absolute Gasteiger partial charge is 0.224 e. The third-order valence-corrected chi connectivity index (χ3v) is 2.42. The highest BCUT2D eigenvalue weighted by atomic mass is 16.2. The Balaban J connectivity index is 3.84. The quantitative estimate of drug-likeness (QED) is 0.568. The van der Waals surface area contributed by atoms with Crippen molar-refractivity contribution in [2.45, 2.75) is 27.2 Å². The van der Waals surface area contributed by atoms with E-state index in [0.717, 1.165) is 0 Å². The van der Waals surface area contributed by atoms with Gasteiger partial charge in [-0.1, -0.05) is 13.8 Å². The molecule has 0 bridgehead atoms. The molecule has 4 N–H and O–H groups in total. The lowest BCUT2D eigenvalue weighted by molar-refractivity contribution is -0.126. The van der Waals surface area contributed by atoms with Gasteiger partial charge in [-0.15, -0.1) is 0 Å². The SMILES string of the molecule is CCNC(=O)CCNC(=O)C(CN)C(C)C. The first kappa shape index (κ1) is 14.9. The lowest BCUT2D eigenvalue weighted by atomic mass is 9.95. The van der Waals surface area contributed by atoms with Gasteiger partial charge in [0.1, 0.15) is 0 Å². The van der Waals surface area contributed by atoms with Crippen molar-refractivity contribution in [1.29, 1.82) is 0 Å². The number of nitrogens with one attached hydrogen (secondary N) is 2. The summed E-state index contributed by atoms with van der Waals surface area (Å²) in [6.45, 7) is 7.10. The van der Waals surface area contributed by atoms with Gasteiger partial charge >= 0.3 is 0 Å². The highest BCUT2D eigenvalue weighted by Crippen LogP contribution is 2.08. The fourth-order valence-electron chi connectivity index (χ4n) is 1.40. The van der Waals surface area contributed by atoms with Gasteiger partial charge in [0.25, 0.3) is 0 Å². The van der Waals surface area contributed by atoms with Crippen molar-refractivity contribution in [3.63, 3.8) is 0 Å². The molecule has 94 valence electrons. The Labute approximate surface area is 97.2 Å². The largest absolute Gasteiger partial charge is 0.356 e. The molecule has 0 saturated carbocycles. The third kappa shape index (κ3) is 5.70. The normalized spacial score (nSPS) is 12.3. The molecule has 0 heterocycles. The van der Waals surface area contributed by atoms with Crippen molar-refractivity contribution in [2.75, 3.05) is 19.6 Å². The second-order valence-electron chi connectivity index (χ2n) is 4.08. The Morgan fingerprint density at radius 3 is 2.31 bits per heavy atom. The average Bonchev–Trinajstić information content (AvgIpc) is 2.18. The van der Waals surface area contributed by atoms with Crippen molar-refractivity contribution >= 4 is 11.8 Å². The molecule has 1 atom stereocenters. The molecule has 0 spiro atoms. The van der Waals surface area contributed by atoms with Crippen LogP contribution in [0.25, 0.3) is 0 Å². The molecule has 16 heavy (non-hydrogen) atoms. The van der Waals surface area contributed by atoms with Gasteiger partial charge in [-0.2, -0.15) is 0 Å². The van der Waals surface area contributed by atoms with Crippen LogP contribution in [-0.4, -0.2) is 31.4 Å². The van der Waals surface area contributed by atoms with Crippen LogP contribution in [0.4, 0.5) is 0 Å². The van der Waals surface area contributed by atoms with Crippen LogP contribution >= 0.6 is 0 Å². The summed E-state index contributed by atoms with van der Waals surface area (Å²) in [6, 6.07) is 0. The maximum atomic E-state index is 11.6. The van der Waals surface area contributed by atoms with E-state index in [1.165, 1.54) is 0 Å². The number of amides is 2. The molecular formula is C11H23N3O2. The fraction of sp³-hybridized carbons (Fsp3) is 0.818. The van der Waals surface area contributed by atoms with Crippen molar-refractivity contribution in [1.82, 2.24) is 10.6 Å². The van der Waals surface area contributed by atoms with Crippen molar-refractivity contribution < 1.29 is 9.59 Å². The number of hydrogen-bond donors (Lipinski definition) is 3. The molecule has 0 aromatic rings. The molecule has 0 rings (SSSR count). The van der Waals surface area contributed by atoms with E-state index < -0.39 is 0 Å². The number of carbonyl (C=O) groups excluding carboxylic acids is 2. The lowest BCUT2D eigenvalue weighted by Crippen LogP contribution is -2.39. The molecule has 0 aromatic heterocycles. The van der Waals surface area contributed by atoms with Crippen LogP contribution in [0.1, 0.15) is 27.2 Å². The zero-order chi connectivity index (χ0) is 12.6. The van der Waals surface area contributed by atoms with Crippen LogP contribution in [0.5, 0.6) is 0 Å². The molecule has 0 aliphatic heterocycles. The fourth-order valence-corrected chi connectivity index (χ4v) is 1.40. The molecule has 0 radical (unpaired) electrons. The van der Waals surface area contributed by atoms with Gasteiger partial charge in [0.15, 0.2) is 0 Å². The van der Waals surface area contributed by atoms with Gasteiger partial charge in [0.05, 0.1) is 5.92 Å². The summed E-state index contributed by atoms with van der Waals surface area (Å²) in [7, 11) is 0. The number of rotatable bonds is 7. The molecule has 0 aromatic carbocycles. The van der Waals surface area contributed by atoms with Gasteiger partial charge in [0, 0.05) is 26.1 Å². The zero-order valence-electron chi connectivity index (χ0n) is 10.4. The monoisotopic (exact) mass is 229 g/mol. The molecule has 5 heteroatoms. The predicted octanol–water partition coefficient (Wildman–Crippen LogP) is -0.140. The van der Waals surface area contributed by atoms with Crippen LogP contribution in [0, 0.1) is 11.8 Å². The first-order valence-corrected chi connectivity index (χ1v) is 5.77. The van der Waals surface area contributed by atoms with Gasteiger partial charge in [0.2, 0.25) is 11.8 Å². The zero-order valence-corrected chi connectivity index (χ0v) is 10.4. The van der Waals surface area contributed by atoms with E-state index in [2.05, 4.69) is 10.6 Å². The van der Waals surface area contributed by atoms with E-state index in [-0.39, 0.29) is 23.7 Å². The molecule has 5 nitrogen and oxygen atoms in total. The van der Waals surface area contributed by atoms with Crippen LogP contribution in [0.2, 0.25) is 0 Å². The highest BCUT2D eigenvalue weighted by Gasteiger charge is 2.19. The van der Waals surface area contributed by atoms with E-state index in [1.807, 2.05) is 20.8 Å². The predicted molar refractivity (Wildman–Crippen MR) is 63.7 cm³/mol. The van der Waals surface area contributed by atoms with Gasteiger partial charge in [-0.3, -0.25) is 9.59 Å². The molecule has 2 amide bonds. The summed E-state index contributed by atoms with van der Waals surface area (Å²) >= 11 is 0. The summed E-state index contributed by atoms with van der Waals surface area (Å²) < 4.78 is 0. The number of nitrogens with two attached hydrogens (primary N) is 1. The van der Waals surface area contributed by atoms with E-state index in [0.29, 0.717) is 26.1 Å². The van der Waals surface area contributed by atoms with E-state index >= 15 is 0 Å². The highest BCUT2D eigenvalue weighted by molar-refractivity contribution is 5.80. The first-order chi connectivity index (χ1) is 7.52. The average molecular weight is 229 g/mol. The molecule has 1 unspecified atom stereocenters. The van der Waals surface area contributed by atoms with Gasteiger partial charge in [-0.05, 0) is 12.8 Å². The van der Waals surface area contributed by atoms with Crippen LogP contribution in [0.15, 0.2) is 0 Å². The second-order valence-corrected chi connectivity index (χ2v) is 4.08. The summed E-state index contributed by atoms with van der Waals surface area (Å²) in [4.78, 5) is 22.7. The first-order valence-electron chi connectivity index (χ1n) is 5.77. The maximum Gasteiger partial charge on any atom is 0.224 e. The van der Waals surface area contributed by atoms with Crippen molar-refractivity contribution in [3.8, 4) is 0 Å². The topological polar surface area (TPSA) is 84.2 Å². The van der Waals surface area contributed by atoms with Gasteiger partial charge in [-0.25, -0.2) is 0 Å². The van der Waals surface area contributed by atoms with Gasteiger partial charge < -0.3 is 16.4 Å². The summed E-state index contributed by atoms with van der Waals surface area (Å²) in [6.07, 6.45) is 0.314. The van der Waals surface area contributed by atoms with Crippen LogP contribution in [-0.2, 0) is 9.59 Å². The van der Waals surface area contributed by atoms with E-state index in [4.69, 9.17) is 5.73 Å². The molecule has 0 saturated heterocycles. The Bertz CT molecular complexity index is 229. The Hall–Kier alpha value is -1.10.